The molecule has 0 aromatic carbocycles. The van der Waals surface area contributed by atoms with Crippen LogP contribution in [0.15, 0.2) is 12.2 Å². The first-order valence-electron chi connectivity index (χ1n) is 7.99. The second kappa shape index (κ2) is 6.71. The zero-order valence-corrected chi connectivity index (χ0v) is 13.9. The molecule has 0 spiro atoms. The summed E-state index contributed by atoms with van der Waals surface area (Å²) in [7, 11) is 2.25. The van der Waals surface area contributed by atoms with Gasteiger partial charge in [-0.15, -0.1) is 0 Å². The average molecular weight is 311 g/mol. The lowest BCUT2D eigenvalue weighted by molar-refractivity contribution is -0.884. The first-order chi connectivity index (χ1) is 9.54. The third kappa shape index (κ3) is 3.81. The van der Waals surface area contributed by atoms with E-state index in [1.807, 2.05) is 6.92 Å². The van der Waals surface area contributed by atoms with Crippen LogP contribution in [-0.4, -0.2) is 55.4 Å². The Hall–Kier alpha value is -0.530. The molecule has 2 N–H and O–H groups in total. The van der Waals surface area contributed by atoms with Crippen molar-refractivity contribution < 1.29 is 22.4 Å². The van der Waals surface area contributed by atoms with Crippen LogP contribution in [-0.2, 0) is 0 Å². The minimum atomic E-state index is -0.817. The Labute approximate surface area is 134 Å². The van der Waals surface area contributed by atoms with Gasteiger partial charge in [-0.3, -0.25) is 4.90 Å². The van der Waals surface area contributed by atoms with Crippen molar-refractivity contribution in [1.29, 1.82) is 0 Å². The van der Waals surface area contributed by atoms with Gasteiger partial charge >= 0.3 is 0 Å². The number of halogens is 1. The second-order valence-corrected chi connectivity index (χ2v) is 7.07. The van der Waals surface area contributed by atoms with Gasteiger partial charge in [-0.25, -0.2) is 0 Å². The molecule has 0 radical (unpaired) electrons. The maximum Gasteiger partial charge on any atom is 0.126 e. The highest BCUT2D eigenvalue weighted by Gasteiger charge is 2.44. The van der Waals surface area contributed by atoms with E-state index in [-0.39, 0.29) is 12.4 Å². The molecule has 0 aromatic heterocycles. The van der Waals surface area contributed by atoms with Crippen molar-refractivity contribution in [2.75, 3.05) is 39.8 Å². The molecule has 1 heterocycles. The van der Waals surface area contributed by atoms with Crippen molar-refractivity contribution in [1.82, 2.24) is 4.90 Å². The third-order valence-electron chi connectivity index (χ3n) is 5.35. The minimum Gasteiger partial charge on any atom is -1.00 e. The molecule has 3 nitrogen and oxygen atoms in total. The van der Waals surface area contributed by atoms with E-state index in [0.717, 1.165) is 26.1 Å². The highest BCUT2D eigenvalue weighted by Crippen LogP contribution is 2.47. The normalized spacial score (nSPS) is 34.9. The van der Waals surface area contributed by atoms with Gasteiger partial charge in [0.15, 0.2) is 0 Å². The lowest BCUT2D eigenvalue weighted by atomic mass is 9.80. The van der Waals surface area contributed by atoms with E-state index < -0.39 is 5.60 Å². The SMILES string of the molecule is C[NH+]1CCN(CC#CC(C)(O)C2CC3C=CC2C3)CC1.[Cl-]. The summed E-state index contributed by atoms with van der Waals surface area (Å²) < 4.78 is 0. The van der Waals surface area contributed by atoms with Crippen molar-refractivity contribution in [3.05, 3.63) is 12.2 Å². The number of rotatable bonds is 2. The first-order valence-corrected chi connectivity index (χ1v) is 7.99. The van der Waals surface area contributed by atoms with Crippen LogP contribution in [0, 0.1) is 29.6 Å². The number of nitrogens with one attached hydrogen (secondary N) is 1. The number of likely N-dealkylation sites (N-methyl/N-ethyl adjacent to an activating group) is 1. The highest BCUT2D eigenvalue weighted by atomic mass is 35.5. The molecule has 1 saturated carbocycles. The predicted molar refractivity (Wildman–Crippen MR) is 80.3 cm³/mol. The summed E-state index contributed by atoms with van der Waals surface area (Å²) in [5.41, 5.74) is -0.817. The standard InChI is InChI=1S/C17H26N2O.ClH/c1-17(20,16-13-14-4-5-15(16)12-14)6-3-7-19-10-8-18(2)9-11-19;/h4-5,14-16,20H,7-13H2,1-2H3;1H. The molecule has 4 heteroatoms. The second-order valence-electron chi connectivity index (χ2n) is 7.07. The summed E-state index contributed by atoms with van der Waals surface area (Å²) in [4.78, 5) is 4.01. The molecule has 1 saturated heterocycles. The minimum absolute atomic E-state index is 0. The summed E-state index contributed by atoms with van der Waals surface area (Å²) in [5, 5.41) is 10.7. The lowest BCUT2D eigenvalue weighted by Gasteiger charge is -2.30. The molecule has 2 fully saturated rings. The molecule has 0 aromatic rings. The molecular formula is C17H27ClN2O. The quantitative estimate of drug-likeness (QED) is 0.415. The van der Waals surface area contributed by atoms with E-state index >= 15 is 0 Å². The number of quaternary nitrogens is 1. The van der Waals surface area contributed by atoms with Gasteiger partial charge in [0.1, 0.15) is 5.60 Å². The van der Waals surface area contributed by atoms with Crippen LogP contribution in [0.4, 0.5) is 0 Å². The molecule has 118 valence electrons. The van der Waals surface area contributed by atoms with E-state index in [9.17, 15) is 5.11 Å². The van der Waals surface area contributed by atoms with Crippen LogP contribution in [0.25, 0.3) is 0 Å². The summed E-state index contributed by atoms with van der Waals surface area (Å²) in [6.07, 6.45) is 6.94. The predicted octanol–water partition coefficient (Wildman–Crippen LogP) is -3.21. The average Bonchev–Trinajstić information content (AvgIpc) is 3.04. The van der Waals surface area contributed by atoms with E-state index in [2.05, 4.69) is 35.9 Å². The van der Waals surface area contributed by atoms with E-state index in [4.69, 9.17) is 0 Å². The maximum absolute atomic E-state index is 10.7. The van der Waals surface area contributed by atoms with Crippen molar-refractivity contribution in [3.63, 3.8) is 0 Å². The smallest absolute Gasteiger partial charge is 0.126 e. The van der Waals surface area contributed by atoms with Crippen LogP contribution in [0.2, 0.25) is 0 Å². The zero-order valence-electron chi connectivity index (χ0n) is 13.1. The molecule has 0 amide bonds. The van der Waals surface area contributed by atoms with Crippen LogP contribution < -0.4 is 17.3 Å². The number of hydrogen-bond acceptors (Lipinski definition) is 2. The molecule has 2 bridgehead atoms. The monoisotopic (exact) mass is 310 g/mol. The Morgan fingerprint density at radius 3 is 2.57 bits per heavy atom. The zero-order chi connectivity index (χ0) is 14.2. The molecule has 2 aliphatic carbocycles. The summed E-state index contributed by atoms with van der Waals surface area (Å²) >= 11 is 0. The number of nitrogens with zero attached hydrogens (tertiary/aromatic N) is 1. The molecule has 3 rings (SSSR count). The van der Waals surface area contributed by atoms with Crippen LogP contribution in [0.5, 0.6) is 0 Å². The van der Waals surface area contributed by atoms with Crippen molar-refractivity contribution in [2.45, 2.75) is 25.4 Å². The van der Waals surface area contributed by atoms with Crippen LogP contribution in [0.1, 0.15) is 19.8 Å². The van der Waals surface area contributed by atoms with E-state index in [1.165, 1.54) is 19.5 Å². The highest BCUT2D eigenvalue weighted by molar-refractivity contribution is 5.22. The van der Waals surface area contributed by atoms with Gasteiger partial charge in [0.2, 0.25) is 0 Å². The maximum atomic E-state index is 10.7. The van der Waals surface area contributed by atoms with Gasteiger partial charge in [-0.05, 0) is 31.6 Å². The van der Waals surface area contributed by atoms with E-state index in [1.54, 1.807) is 4.90 Å². The number of hydrogen-bond donors (Lipinski definition) is 2. The van der Waals surface area contributed by atoms with Crippen molar-refractivity contribution in [2.24, 2.45) is 17.8 Å². The van der Waals surface area contributed by atoms with Crippen molar-refractivity contribution in [3.8, 4) is 11.8 Å². The van der Waals surface area contributed by atoms with Gasteiger partial charge in [0.25, 0.3) is 0 Å². The number of aliphatic hydroxyl groups is 1. The van der Waals surface area contributed by atoms with Gasteiger partial charge in [0.05, 0.1) is 26.7 Å². The van der Waals surface area contributed by atoms with Gasteiger partial charge in [-0.1, -0.05) is 24.0 Å². The Balaban J connectivity index is 0.00000161. The molecule has 3 aliphatic rings. The lowest BCUT2D eigenvalue weighted by Crippen LogP contribution is -3.11. The topological polar surface area (TPSA) is 27.9 Å². The molecule has 1 aliphatic heterocycles. The Morgan fingerprint density at radius 2 is 2.00 bits per heavy atom. The summed E-state index contributed by atoms with van der Waals surface area (Å²) in [6, 6.07) is 0. The molecule has 4 unspecified atom stereocenters. The number of piperazine rings is 1. The Kier molecular flexibility index (Phi) is 5.38. The first kappa shape index (κ1) is 16.8. The van der Waals surface area contributed by atoms with Crippen molar-refractivity contribution >= 4 is 0 Å². The van der Waals surface area contributed by atoms with Gasteiger partial charge < -0.3 is 22.4 Å². The Morgan fingerprint density at radius 1 is 1.29 bits per heavy atom. The summed E-state index contributed by atoms with van der Waals surface area (Å²) in [5.74, 6) is 7.99. The number of allylic oxidation sites excluding steroid dienone is 2. The molecular weight excluding hydrogens is 284 g/mol. The number of fused-ring (bicyclic) bond motifs is 2. The van der Waals surface area contributed by atoms with Gasteiger partial charge in [0, 0.05) is 19.0 Å². The fourth-order valence-corrected chi connectivity index (χ4v) is 3.94. The Bertz CT molecular complexity index is 443. The molecule has 21 heavy (non-hydrogen) atoms. The van der Waals surface area contributed by atoms with Crippen LogP contribution in [0.3, 0.4) is 0 Å². The van der Waals surface area contributed by atoms with E-state index in [0.29, 0.717) is 17.8 Å². The summed E-state index contributed by atoms with van der Waals surface area (Å²) in [6.45, 7) is 7.37. The fraction of sp³-hybridized carbons (Fsp3) is 0.765. The third-order valence-corrected chi connectivity index (χ3v) is 5.35. The molecule has 4 atom stereocenters. The largest absolute Gasteiger partial charge is 1.00 e. The van der Waals surface area contributed by atoms with Gasteiger partial charge in [-0.2, -0.15) is 0 Å². The van der Waals surface area contributed by atoms with Crippen LogP contribution >= 0.6 is 0 Å². The fourth-order valence-electron chi connectivity index (χ4n) is 3.94.